The average molecular weight is 419 g/mol. The molecular weight excluding hydrogens is 394 g/mol. The third kappa shape index (κ3) is 4.08. The zero-order chi connectivity index (χ0) is 22.1. The molecule has 4 rings (SSSR count). The van der Waals surface area contributed by atoms with E-state index in [1.54, 1.807) is 18.2 Å². The summed E-state index contributed by atoms with van der Waals surface area (Å²) in [5.41, 5.74) is 2.71. The molecule has 2 aromatic carbocycles. The third-order valence-corrected chi connectivity index (χ3v) is 5.90. The molecule has 2 unspecified atom stereocenters. The number of hydrogen-bond donors (Lipinski definition) is 2. The largest absolute Gasteiger partial charge is 0.345 e. The van der Waals surface area contributed by atoms with Crippen molar-refractivity contribution < 1.29 is 19.2 Å². The molecule has 1 fully saturated rings. The second-order valence-electron chi connectivity index (χ2n) is 8.38. The molecule has 0 bridgehead atoms. The van der Waals surface area contributed by atoms with Crippen molar-refractivity contribution in [3.05, 3.63) is 70.8 Å². The number of nitrogens with zero attached hydrogens (tertiary/aromatic N) is 1. The van der Waals surface area contributed by atoms with Crippen molar-refractivity contribution in [3.8, 4) is 0 Å². The molecule has 31 heavy (non-hydrogen) atoms. The number of nitrogens with one attached hydrogen (secondary N) is 2. The predicted molar refractivity (Wildman–Crippen MR) is 114 cm³/mol. The smallest absolute Gasteiger partial charge is 0.255 e. The van der Waals surface area contributed by atoms with Gasteiger partial charge in [-0.2, -0.15) is 0 Å². The lowest BCUT2D eigenvalue weighted by molar-refractivity contribution is -0.136. The first kappa shape index (κ1) is 20.8. The Morgan fingerprint density at radius 3 is 2.52 bits per heavy atom. The van der Waals surface area contributed by atoms with Gasteiger partial charge in [-0.25, -0.2) is 0 Å². The summed E-state index contributed by atoms with van der Waals surface area (Å²) in [5, 5.41) is 5.39. The second kappa shape index (κ2) is 8.34. The number of carbonyl (C=O) groups excluding carboxylic acids is 4. The zero-order valence-corrected chi connectivity index (χ0v) is 17.6. The minimum atomic E-state index is -0.668. The molecule has 2 heterocycles. The topological polar surface area (TPSA) is 95.6 Å². The Bertz CT molecular complexity index is 1050. The first-order valence-electron chi connectivity index (χ1n) is 10.5. The van der Waals surface area contributed by atoms with Crippen LogP contribution >= 0.6 is 0 Å². The molecule has 160 valence electrons. The highest BCUT2D eigenvalue weighted by Gasteiger charge is 2.39. The Hall–Kier alpha value is -3.48. The minimum absolute atomic E-state index is 0.136. The van der Waals surface area contributed by atoms with Gasteiger partial charge < -0.3 is 10.2 Å². The van der Waals surface area contributed by atoms with E-state index in [1.807, 2.05) is 30.3 Å². The van der Waals surface area contributed by atoms with E-state index in [1.165, 1.54) is 4.90 Å². The number of piperidine rings is 1. The molecule has 2 aliphatic heterocycles. The standard InChI is InChI=1S/C24H25N3O4/c1-14(2)21(15-6-4-3-5-7-15)26-22(29)16-8-9-18-17(12-16)13-27(24(18)31)19-10-11-20(28)25-23(19)30/h3-9,12,14,19,21H,10-11,13H2,1-2H3,(H,26,29)(H,25,28,30). The van der Waals surface area contributed by atoms with Crippen LogP contribution in [0.2, 0.25) is 0 Å². The Morgan fingerprint density at radius 2 is 1.84 bits per heavy atom. The van der Waals surface area contributed by atoms with Crippen LogP contribution in [0.15, 0.2) is 48.5 Å². The first-order chi connectivity index (χ1) is 14.8. The van der Waals surface area contributed by atoms with E-state index in [4.69, 9.17) is 0 Å². The number of imide groups is 1. The van der Waals surface area contributed by atoms with E-state index in [0.717, 1.165) is 5.56 Å². The van der Waals surface area contributed by atoms with Gasteiger partial charge in [-0.05, 0) is 41.7 Å². The molecule has 7 nitrogen and oxygen atoms in total. The first-order valence-corrected chi connectivity index (χ1v) is 10.5. The Morgan fingerprint density at radius 1 is 1.10 bits per heavy atom. The van der Waals surface area contributed by atoms with Crippen molar-refractivity contribution in [3.63, 3.8) is 0 Å². The summed E-state index contributed by atoms with van der Waals surface area (Å²) in [4.78, 5) is 50.9. The maximum absolute atomic E-state index is 13.0. The number of benzene rings is 2. The Labute approximate surface area is 180 Å². The molecule has 7 heteroatoms. The van der Waals surface area contributed by atoms with Gasteiger partial charge >= 0.3 is 0 Å². The van der Waals surface area contributed by atoms with Gasteiger partial charge in [0.1, 0.15) is 6.04 Å². The lowest BCUT2D eigenvalue weighted by atomic mass is 9.95. The van der Waals surface area contributed by atoms with Gasteiger partial charge in [-0.1, -0.05) is 44.2 Å². The highest BCUT2D eigenvalue weighted by Crippen LogP contribution is 2.29. The van der Waals surface area contributed by atoms with Crippen molar-refractivity contribution in [2.75, 3.05) is 0 Å². The molecule has 2 atom stereocenters. The predicted octanol–water partition coefficient (Wildman–Crippen LogP) is 2.57. The summed E-state index contributed by atoms with van der Waals surface area (Å²) in [7, 11) is 0. The molecule has 0 spiro atoms. The SMILES string of the molecule is CC(C)C(NC(=O)c1ccc2c(c1)CN(C1CCC(=O)NC1=O)C2=O)c1ccccc1. The van der Waals surface area contributed by atoms with Gasteiger partial charge in [0.25, 0.3) is 11.8 Å². The molecule has 2 aromatic rings. The van der Waals surface area contributed by atoms with Crippen LogP contribution in [-0.4, -0.2) is 34.6 Å². The summed E-state index contributed by atoms with van der Waals surface area (Å²) in [6.45, 7) is 4.35. The van der Waals surface area contributed by atoms with Crippen LogP contribution in [0.4, 0.5) is 0 Å². The lowest BCUT2D eigenvalue weighted by Gasteiger charge is -2.29. The van der Waals surface area contributed by atoms with Gasteiger partial charge in [-0.15, -0.1) is 0 Å². The van der Waals surface area contributed by atoms with Crippen molar-refractivity contribution in [1.29, 1.82) is 0 Å². The van der Waals surface area contributed by atoms with Crippen LogP contribution in [0.25, 0.3) is 0 Å². The number of fused-ring (bicyclic) bond motifs is 1. The lowest BCUT2D eigenvalue weighted by Crippen LogP contribution is -2.52. The van der Waals surface area contributed by atoms with Crippen molar-refractivity contribution in [2.24, 2.45) is 5.92 Å². The summed E-state index contributed by atoms with van der Waals surface area (Å²) in [6.07, 6.45) is 0.519. The van der Waals surface area contributed by atoms with Crippen LogP contribution in [0.5, 0.6) is 0 Å². The second-order valence-corrected chi connectivity index (χ2v) is 8.38. The van der Waals surface area contributed by atoms with Crippen molar-refractivity contribution in [1.82, 2.24) is 15.5 Å². The Balaban J connectivity index is 1.52. The highest BCUT2D eigenvalue weighted by molar-refractivity contribution is 6.06. The van der Waals surface area contributed by atoms with Crippen LogP contribution in [0.1, 0.15) is 64.6 Å². The Kier molecular flexibility index (Phi) is 5.59. The van der Waals surface area contributed by atoms with Gasteiger partial charge in [0.2, 0.25) is 11.8 Å². The minimum Gasteiger partial charge on any atom is -0.345 e. The number of hydrogen-bond acceptors (Lipinski definition) is 4. The van der Waals surface area contributed by atoms with Crippen LogP contribution < -0.4 is 10.6 Å². The fourth-order valence-electron chi connectivity index (χ4n) is 4.24. The maximum Gasteiger partial charge on any atom is 0.255 e. The van der Waals surface area contributed by atoms with Gasteiger partial charge in [0, 0.05) is 24.1 Å². The molecule has 0 saturated carbocycles. The van der Waals surface area contributed by atoms with Gasteiger partial charge in [0.15, 0.2) is 0 Å². The third-order valence-electron chi connectivity index (χ3n) is 5.90. The quantitative estimate of drug-likeness (QED) is 0.728. The highest BCUT2D eigenvalue weighted by atomic mass is 16.2. The van der Waals surface area contributed by atoms with E-state index < -0.39 is 11.9 Å². The zero-order valence-electron chi connectivity index (χ0n) is 17.6. The molecular formula is C24H25N3O4. The normalized spacial score (nSPS) is 19.3. The molecule has 0 aliphatic carbocycles. The summed E-state index contributed by atoms with van der Waals surface area (Å²) >= 11 is 0. The van der Waals surface area contributed by atoms with Crippen LogP contribution in [0, 0.1) is 5.92 Å². The van der Waals surface area contributed by atoms with E-state index in [-0.39, 0.29) is 42.6 Å². The monoisotopic (exact) mass is 419 g/mol. The van der Waals surface area contributed by atoms with Crippen LogP contribution in [-0.2, 0) is 16.1 Å². The maximum atomic E-state index is 13.0. The van der Waals surface area contributed by atoms with Gasteiger partial charge in [0.05, 0.1) is 6.04 Å². The van der Waals surface area contributed by atoms with E-state index in [0.29, 0.717) is 23.1 Å². The average Bonchev–Trinajstić information content (AvgIpc) is 3.08. The molecule has 0 aromatic heterocycles. The fourth-order valence-corrected chi connectivity index (χ4v) is 4.24. The molecule has 2 N–H and O–H groups in total. The molecule has 4 amide bonds. The molecule has 0 radical (unpaired) electrons. The fraction of sp³-hybridized carbons (Fsp3) is 0.333. The van der Waals surface area contributed by atoms with E-state index >= 15 is 0 Å². The van der Waals surface area contributed by atoms with Crippen molar-refractivity contribution >= 4 is 23.6 Å². The van der Waals surface area contributed by atoms with Gasteiger partial charge in [-0.3, -0.25) is 24.5 Å². The van der Waals surface area contributed by atoms with E-state index in [9.17, 15) is 19.2 Å². The summed E-state index contributed by atoms with van der Waals surface area (Å²) in [5.74, 6) is -1.02. The molecule has 2 aliphatic rings. The summed E-state index contributed by atoms with van der Waals surface area (Å²) in [6, 6.07) is 14.0. The van der Waals surface area contributed by atoms with E-state index in [2.05, 4.69) is 24.5 Å². The number of carbonyl (C=O) groups is 4. The van der Waals surface area contributed by atoms with Crippen molar-refractivity contribution in [2.45, 2.75) is 45.3 Å². The number of amides is 4. The number of rotatable bonds is 5. The molecule has 1 saturated heterocycles. The van der Waals surface area contributed by atoms with Crippen LogP contribution in [0.3, 0.4) is 0 Å². The summed E-state index contributed by atoms with van der Waals surface area (Å²) < 4.78 is 0.